The highest BCUT2D eigenvalue weighted by molar-refractivity contribution is 5.92. The highest BCUT2D eigenvalue weighted by atomic mass is 16.5. The second kappa shape index (κ2) is 10.1. The molecule has 0 unspecified atom stereocenters. The van der Waals surface area contributed by atoms with Gasteiger partial charge < -0.3 is 10.1 Å². The Morgan fingerprint density at radius 1 is 0.733 bits per heavy atom. The fourth-order valence-electron chi connectivity index (χ4n) is 3.58. The van der Waals surface area contributed by atoms with E-state index in [4.69, 9.17) is 4.74 Å². The molecule has 0 aliphatic carbocycles. The molecule has 5 nitrogen and oxygen atoms in total. The van der Waals surface area contributed by atoms with Gasteiger partial charge in [0.05, 0.1) is 6.54 Å². The van der Waals surface area contributed by atoms with Crippen LogP contribution in [0.1, 0.15) is 5.56 Å². The third kappa shape index (κ3) is 5.92. The quantitative estimate of drug-likeness (QED) is 0.643. The first-order chi connectivity index (χ1) is 14.7. The van der Waals surface area contributed by atoms with Gasteiger partial charge in [-0.05, 0) is 42.0 Å². The van der Waals surface area contributed by atoms with Crippen molar-refractivity contribution in [2.24, 2.45) is 0 Å². The molecule has 1 heterocycles. The summed E-state index contributed by atoms with van der Waals surface area (Å²) in [5, 5.41) is 2.98. The first-order valence-electron chi connectivity index (χ1n) is 10.4. The largest absolute Gasteiger partial charge is 0.457 e. The van der Waals surface area contributed by atoms with Crippen LogP contribution in [0.4, 0.5) is 5.69 Å². The van der Waals surface area contributed by atoms with Crippen LogP contribution >= 0.6 is 0 Å². The highest BCUT2D eigenvalue weighted by Gasteiger charge is 2.19. The number of nitrogens with one attached hydrogen (secondary N) is 1. The first kappa shape index (κ1) is 20.1. The number of carbonyl (C=O) groups is 1. The minimum Gasteiger partial charge on any atom is -0.457 e. The van der Waals surface area contributed by atoms with Crippen LogP contribution in [0.15, 0.2) is 84.9 Å². The number of piperazine rings is 1. The minimum absolute atomic E-state index is 0.0169. The predicted molar refractivity (Wildman–Crippen MR) is 120 cm³/mol. The van der Waals surface area contributed by atoms with E-state index in [-0.39, 0.29) is 5.91 Å². The Bertz CT molecular complexity index is 922. The smallest absolute Gasteiger partial charge is 0.238 e. The van der Waals surface area contributed by atoms with E-state index < -0.39 is 0 Å². The molecule has 0 saturated carbocycles. The fourth-order valence-corrected chi connectivity index (χ4v) is 3.58. The first-order valence-corrected chi connectivity index (χ1v) is 10.4. The van der Waals surface area contributed by atoms with Crippen molar-refractivity contribution in [2.45, 2.75) is 6.54 Å². The van der Waals surface area contributed by atoms with Crippen molar-refractivity contribution in [2.75, 3.05) is 38.0 Å². The van der Waals surface area contributed by atoms with Crippen molar-refractivity contribution in [3.05, 3.63) is 90.5 Å². The van der Waals surface area contributed by atoms with Crippen LogP contribution in [0, 0.1) is 0 Å². The van der Waals surface area contributed by atoms with Crippen LogP contribution in [0.5, 0.6) is 11.5 Å². The lowest BCUT2D eigenvalue weighted by atomic mass is 10.2. The monoisotopic (exact) mass is 401 g/mol. The van der Waals surface area contributed by atoms with Crippen molar-refractivity contribution in [1.29, 1.82) is 0 Å². The van der Waals surface area contributed by atoms with Crippen LogP contribution in [-0.2, 0) is 11.3 Å². The van der Waals surface area contributed by atoms with Gasteiger partial charge in [0.25, 0.3) is 0 Å². The van der Waals surface area contributed by atoms with E-state index in [0.29, 0.717) is 6.54 Å². The number of amides is 1. The average molecular weight is 402 g/mol. The number of carbonyl (C=O) groups excluding carboxylic acids is 1. The molecule has 3 aromatic rings. The van der Waals surface area contributed by atoms with Gasteiger partial charge in [0.2, 0.25) is 5.91 Å². The number of para-hydroxylation sites is 1. The van der Waals surface area contributed by atoms with Gasteiger partial charge in [0.1, 0.15) is 11.5 Å². The van der Waals surface area contributed by atoms with E-state index in [1.807, 2.05) is 60.7 Å². The Hall–Kier alpha value is -3.15. The minimum atomic E-state index is 0.0169. The Morgan fingerprint density at radius 2 is 1.30 bits per heavy atom. The summed E-state index contributed by atoms with van der Waals surface area (Å²) in [4.78, 5) is 17.1. The summed E-state index contributed by atoms with van der Waals surface area (Å²) in [6.07, 6.45) is 0. The SMILES string of the molecule is O=C(CN1CCN(Cc2ccccc2)CC1)Nc1ccc(Oc2ccccc2)cc1. The highest BCUT2D eigenvalue weighted by Crippen LogP contribution is 2.22. The standard InChI is InChI=1S/C25H27N3O2/c29-25(20-28-17-15-27(16-18-28)19-21-7-3-1-4-8-21)26-22-11-13-24(14-12-22)30-23-9-5-2-6-10-23/h1-14H,15-20H2,(H,26,29). The second-order valence-electron chi connectivity index (χ2n) is 7.53. The Balaban J connectivity index is 1.20. The van der Waals surface area contributed by atoms with Crippen LogP contribution in [0.2, 0.25) is 0 Å². The average Bonchev–Trinajstić information content (AvgIpc) is 2.78. The summed E-state index contributed by atoms with van der Waals surface area (Å²) >= 11 is 0. The molecule has 1 aliphatic rings. The van der Waals surface area contributed by atoms with Crippen molar-refractivity contribution >= 4 is 11.6 Å². The second-order valence-corrected chi connectivity index (χ2v) is 7.53. The summed E-state index contributed by atoms with van der Waals surface area (Å²) < 4.78 is 5.79. The molecule has 5 heteroatoms. The summed E-state index contributed by atoms with van der Waals surface area (Å²) in [5.74, 6) is 1.55. The zero-order chi connectivity index (χ0) is 20.6. The number of hydrogen-bond acceptors (Lipinski definition) is 4. The molecule has 1 saturated heterocycles. The van der Waals surface area contributed by atoms with Crippen molar-refractivity contribution in [3.63, 3.8) is 0 Å². The zero-order valence-corrected chi connectivity index (χ0v) is 17.0. The molecule has 4 rings (SSSR count). The normalized spacial score (nSPS) is 14.9. The Labute approximate surface area is 177 Å². The summed E-state index contributed by atoms with van der Waals surface area (Å²) in [7, 11) is 0. The molecule has 1 amide bonds. The van der Waals surface area contributed by atoms with E-state index in [1.54, 1.807) is 0 Å². The summed E-state index contributed by atoms with van der Waals surface area (Å²) in [6.45, 7) is 5.16. The van der Waals surface area contributed by atoms with Gasteiger partial charge in [-0.15, -0.1) is 0 Å². The van der Waals surface area contributed by atoms with Crippen molar-refractivity contribution < 1.29 is 9.53 Å². The third-order valence-corrected chi connectivity index (χ3v) is 5.20. The molecule has 3 aromatic carbocycles. The number of nitrogens with zero attached hydrogens (tertiary/aromatic N) is 2. The molecular formula is C25H27N3O2. The molecule has 154 valence electrons. The van der Waals surface area contributed by atoms with Gasteiger partial charge in [-0.2, -0.15) is 0 Å². The maximum absolute atomic E-state index is 12.4. The Morgan fingerprint density at radius 3 is 1.97 bits per heavy atom. The van der Waals surface area contributed by atoms with E-state index in [0.717, 1.165) is 49.9 Å². The molecular weight excluding hydrogens is 374 g/mol. The van der Waals surface area contributed by atoms with Gasteiger partial charge in [0, 0.05) is 38.4 Å². The van der Waals surface area contributed by atoms with Gasteiger partial charge in [-0.25, -0.2) is 0 Å². The van der Waals surface area contributed by atoms with Gasteiger partial charge in [-0.1, -0.05) is 48.5 Å². The maximum Gasteiger partial charge on any atom is 0.238 e. The molecule has 30 heavy (non-hydrogen) atoms. The van der Waals surface area contributed by atoms with Crippen LogP contribution < -0.4 is 10.1 Å². The molecule has 1 fully saturated rings. The molecule has 1 N–H and O–H groups in total. The zero-order valence-electron chi connectivity index (χ0n) is 17.0. The molecule has 0 bridgehead atoms. The van der Waals surface area contributed by atoms with Crippen LogP contribution in [-0.4, -0.2) is 48.4 Å². The van der Waals surface area contributed by atoms with E-state index in [2.05, 4.69) is 39.4 Å². The van der Waals surface area contributed by atoms with Gasteiger partial charge in [-0.3, -0.25) is 14.6 Å². The molecule has 0 radical (unpaired) electrons. The van der Waals surface area contributed by atoms with E-state index in [9.17, 15) is 4.79 Å². The van der Waals surface area contributed by atoms with Gasteiger partial charge in [0.15, 0.2) is 0 Å². The van der Waals surface area contributed by atoms with Crippen molar-refractivity contribution in [1.82, 2.24) is 9.80 Å². The summed E-state index contributed by atoms with van der Waals surface area (Å²) in [6, 6.07) is 27.6. The third-order valence-electron chi connectivity index (χ3n) is 5.20. The van der Waals surface area contributed by atoms with E-state index in [1.165, 1.54) is 5.56 Å². The fraction of sp³-hybridized carbons (Fsp3) is 0.240. The number of benzene rings is 3. The summed E-state index contributed by atoms with van der Waals surface area (Å²) in [5.41, 5.74) is 2.12. The van der Waals surface area contributed by atoms with Crippen LogP contribution in [0.3, 0.4) is 0 Å². The number of rotatable bonds is 7. The van der Waals surface area contributed by atoms with Crippen LogP contribution in [0.25, 0.3) is 0 Å². The van der Waals surface area contributed by atoms with Gasteiger partial charge >= 0.3 is 0 Å². The lowest BCUT2D eigenvalue weighted by molar-refractivity contribution is -0.117. The number of hydrogen-bond donors (Lipinski definition) is 1. The maximum atomic E-state index is 12.4. The Kier molecular flexibility index (Phi) is 6.75. The van der Waals surface area contributed by atoms with E-state index >= 15 is 0 Å². The van der Waals surface area contributed by atoms with Crippen molar-refractivity contribution in [3.8, 4) is 11.5 Å². The number of ether oxygens (including phenoxy) is 1. The lowest BCUT2D eigenvalue weighted by Gasteiger charge is -2.34. The molecule has 0 atom stereocenters. The lowest BCUT2D eigenvalue weighted by Crippen LogP contribution is -2.48. The molecule has 0 spiro atoms. The molecule has 0 aromatic heterocycles. The predicted octanol–water partition coefficient (Wildman–Crippen LogP) is 4.24. The molecule has 1 aliphatic heterocycles. The number of anilines is 1. The topological polar surface area (TPSA) is 44.8 Å².